The van der Waals surface area contributed by atoms with Crippen LogP contribution in [-0.4, -0.2) is 55.1 Å². The van der Waals surface area contributed by atoms with E-state index in [2.05, 4.69) is 35.0 Å². The molecule has 0 aromatic carbocycles. The van der Waals surface area contributed by atoms with Crippen LogP contribution in [0.3, 0.4) is 0 Å². The molecule has 1 aliphatic heterocycles. The molecule has 1 aliphatic rings. The fourth-order valence-electron chi connectivity index (χ4n) is 2.40. The smallest absolute Gasteiger partial charge is 0.0931 e. The van der Waals surface area contributed by atoms with E-state index in [4.69, 9.17) is 11.6 Å². The summed E-state index contributed by atoms with van der Waals surface area (Å²) in [6.45, 7) is 12.5. The highest BCUT2D eigenvalue weighted by Crippen LogP contribution is 2.20. The Hall–Kier alpha value is -0.130. The molecular weight excluding hydrogens is 278 g/mol. The van der Waals surface area contributed by atoms with Crippen LogP contribution in [-0.2, 0) is 6.54 Å². The lowest BCUT2D eigenvalue weighted by Crippen LogP contribution is -2.50. The maximum Gasteiger partial charge on any atom is 0.0931 e. The van der Waals surface area contributed by atoms with Crippen molar-refractivity contribution in [2.75, 3.05) is 39.3 Å². The van der Waals surface area contributed by atoms with E-state index < -0.39 is 0 Å². The molecule has 0 spiro atoms. The van der Waals surface area contributed by atoms with Gasteiger partial charge in [0.05, 0.1) is 4.34 Å². The minimum absolute atomic E-state index is 0.684. The maximum absolute atomic E-state index is 5.91. The van der Waals surface area contributed by atoms with Gasteiger partial charge in [0.15, 0.2) is 0 Å². The summed E-state index contributed by atoms with van der Waals surface area (Å²) < 4.78 is 0.876. The van der Waals surface area contributed by atoms with Gasteiger partial charge in [-0.2, -0.15) is 0 Å². The normalized spacial score (nSPS) is 18.3. The molecule has 0 amide bonds. The molecular formula is C14H24ClN3S. The summed E-state index contributed by atoms with van der Waals surface area (Å²) in [5.41, 5.74) is 0. The number of rotatable bonds is 6. The lowest BCUT2D eigenvalue weighted by atomic mass is 10.2. The van der Waals surface area contributed by atoms with E-state index in [-0.39, 0.29) is 0 Å². The SMILES string of the molecule is CC(C)N1CCN(CCNCc2ccc(Cl)s2)CC1. The van der Waals surface area contributed by atoms with Gasteiger partial charge in [0.2, 0.25) is 0 Å². The van der Waals surface area contributed by atoms with Crippen molar-refractivity contribution < 1.29 is 0 Å². The van der Waals surface area contributed by atoms with Crippen molar-refractivity contribution >= 4 is 22.9 Å². The largest absolute Gasteiger partial charge is 0.311 e. The van der Waals surface area contributed by atoms with Crippen molar-refractivity contribution in [2.45, 2.75) is 26.4 Å². The molecule has 2 heterocycles. The summed E-state index contributed by atoms with van der Waals surface area (Å²) in [7, 11) is 0. The minimum atomic E-state index is 0.684. The molecule has 0 bridgehead atoms. The number of nitrogens with zero attached hydrogens (tertiary/aromatic N) is 2. The van der Waals surface area contributed by atoms with E-state index in [1.165, 1.54) is 31.1 Å². The highest BCUT2D eigenvalue weighted by atomic mass is 35.5. The number of hydrogen-bond donors (Lipinski definition) is 1. The van der Waals surface area contributed by atoms with Crippen LogP contribution < -0.4 is 5.32 Å². The van der Waals surface area contributed by atoms with Crippen LogP contribution in [0.2, 0.25) is 4.34 Å². The first kappa shape index (κ1) is 15.3. The number of piperazine rings is 1. The lowest BCUT2D eigenvalue weighted by molar-refractivity contribution is 0.109. The maximum atomic E-state index is 5.91. The van der Waals surface area contributed by atoms with Gasteiger partial charge in [-0.05, 0) is 26.0 Å². The highest BCUT2D eigenvalue weighted by molar-refractivity contribution is 7.16. The van der Waals surface area contributed by atoms with Crippen LogP contribution in [0, 0.1) is 0 Å². The molecule has 108 valence electrons. The standard InChI is InChI=1S/C14H24ClN3S/c1-12(2)18-9-7-17(8-10-18)6-5-16-11-13-3-4-14(15)19-13/h3-4,12,16H,5-11H2,1-2H3. The molecule has 19 heavy (non-hydrogen) atoms. The highest BCUT2D eigenvalue weighted by Gasteiger charge is 2.17. The summed E-state index contributed by atoms with van der Waals surface area (Å²) in [6.07, 6.45) is 0. The zero-order valence-electron chi connectivity index (χ0n) is 11.9. The Bertz CT molecular complexity index is 373. The lowest BCUT2D eigenvalue weighted by Gasteiger charge is -2.36. The summed E-state index contributed by atoms with van der Waals surface area (Å²) in [5.74, 6) is 0. The van der Waals surface area contributed by atoms with Crippen LogP contribution in [0.25, 0.3) is 0 Å². The fraction of sp³-hybridized carbons (Fsp3) is 0.714. The quantitative estimate of drug-likeness (QED) is 0.815. The molecule has 0 saturated carbocycles. The first-order chi connectivity index (χ1) is 9.15. The minimum Gasteiger partial charge on any atom is -0.311 e. The van der Waals surface area contributed by atoms with Crippen LogP contribution in [0.1, 0.15) is 18.7 Å². The van der Waals surface area contributed by atoms with Crippen molar-refractivity contribution in [1.29, 1.82) is 0 Å². The predicted molar refractivity (Wildman–Crippen MR) is 84.2 cm³/mol. The van der Waals surface area contributed by atoms with Gasteiger partial charge >= 0.3 is 0 Å². The third-order valence-corrected chi connectivity index (χ3v) is 4.90. The molecule has 1 fully saturated rings. The van der Waals surface area contributed by atoms with Gasteiger partial charge in [-0.15, -0.1) is 11.3 Å². The van der Waals surface area contributed by atoms with Gasteiger partial charge < -0.3 is 5.32 Å². The third kappa shape index (κ3) is 5.04. The van der Waals surface area contributed by atoms with Gasteiger partial charge in [0.25, 0.3) is 0 Å². The molecule has 3 nitrogen and oxygen atoms in total. The second kappa shape index (κ2) is 7.60. The van der Waals surface area contributed by atoms with E-state index in [0.29, 0.717) is 6.04 Å². The number of halogens is 1. The Labute approximate surface area is 125 Å². The average Bonchev–Trinajstić information content (AvgIpc) is 2.81. The second-order valence-electron chi connectivity index (χ2n) is 5.35. The Morgan fingerprint density at radius 3 is 2.58 bits per heavy atom. The predicted octanol–water partition coefficient (Wildman–Crippen LogP) is 2.52. The van der Waals surface area contributed by atoms with E-state index in [9.17, 15) is 0 Å². The Balaban J connectivity index is 1.57. The molecule has 1 saturated heterocycles. The zero-order valence-corrected chi connectivity index (χ0v) is 13.4. The van der Waals surface area contributed by atoms with Gasteiger partial charge in [0.1, 0.15) is 0 Å². The van der Waals surface area contributed by atoms with Gasteiger partial charge in [-0.1, -0.05) is 11.6 Å². The van der Waals surface area contributed by atoms with Crippen molar-refractivity contribution in [3.63, 3.8) is 0 Å². The number of nitrogens with one attached hydrogen (secondary N) is 1. The molecule has 5 heteroatoms. The van der Waals surface area contributed by atoms with Crippen LogP contribution in [0.15, 0.2) is 12.1 Å². The molecule has 0 unspecified atom stereocenters. The Morgan fingerprint density at radius 2 is 2.00 bits per heavy atom. The van der Waals surface area contributed by atoms with Crippen LogP contribution in [0.4, 0.5) is 0 Å². The van der Waals surface area contributed by atoms with Crippen molar-refractivity contribution in [2.24, 2.45) is 0 Å². The average molecular weight is 302 g/mol. The molecule has 0 aliphatic carbocycles. The van der Waals surface area contributed by atoms with Crippen LogP contribution in [0.5, 0.6) is 0 Å². The van der Waals surface area contributed by atoms with Crippen molar-refractivity contribution in [3.8, 4) is 0 Å². The first-order valence-electron chi connectivity index (χ1n) is 7.06. The molecule has 1 aromatic rings. The van der Waals surface area contributed by atoms with Crippen molar-refractivity contribution in [3.05, 3.63) is 21.3 Å². The van der Waals surface area contributed by atoms with Gasteiger partial charge in [0, 0.05) is 56.7 Å². The van der Waals surface area contributed by atoms with E-state index >= 15 is 0 Å². The first-order valence-corrected chi connectivity index (χ1v) is 8.26. The molecule has 2 rings (SSSR count). The molecule has 0 atom stereocenters. The number of thiophene rings is 1. The van der Waals surface area contributed by atoms with Crippen molar-refractivity contribution in [1.82, 2.24) is 15.1 Å². The monoisotopic (exact) mass is 301 g/mol. The van der Waals surface area contributed by atoms with Crippen LogP contribution >= 0.6 is 22.9 Å². The summed E-state index contributed by atoms with van der Waals surface area (Å²) in [4.78, 5) is 6.42. The fourth-order valence-corrected chi connectivity index (χ4v) is 3.46. The number of hydrogen-bond acceptors (Lipinski definition) is 4. The zero-order chi connectivity index (χ0) is 13.7. The molecule has 1 aromatic heterocycles. The Morgan fingerprint density at radius 1 is 1.26 bits per heavy atom. The second-order valence-corrected chi connectivity index (χ2v) is 7.15. The van der Waals surface area contributed by atoms with Gasteiger partial charge in [-0.25, -0.2) is 0 Å². The van der Waals surface area contributed by atoms with Gasteiger partial charge in [-0.3, -0.25) is 9.80 Å². The van der Waals surface area contributed by atoms with E-state index in [1.54, 1.807) is 11.3 Å². The van der Waals surface area contributed by atoms with E-state index in [1.807, 2.05) is 6.07 Å². The molecule has 1 N–H and O–H groups in total. The summed E-state index contributed by atoms with van der Waals surface area (Å²) in [6, 6.07) is 4.75. The summed E-state index contributed by atoms with van der Waals surface area (Å²) in [5, 5.41) is 3.49. The molecule has 0 radical (unpaired) electrons. The summed E-state index contributed by atoms with van der Waals surface area (Å²) >= 11 is 7.57. The third-order valence-electron chi connectivity index (χ3n) is 3.67. The van der Waals surface area contributed by atoms with E-state index in [0.717, 1.165) is 24.0 Å². The Kier molecular flexibility index (Phi) is 6.10. The topological polar surface area (TPSA) is 18.5 Å².